The number of unbranched alkanes of at least 4 members (excludes halogenated alkanes) is 1. The minimum Gasteiger partial charge on any atom is -0.381 e. The van der Waals surface area contributed by atoms with Crippen molar-refractivity contribution in [2.75, 3.05) is 37.0 Å². The highest BCUT2D eigenvalue weighted by molar-refractivity contribution is 5.92. The molecule has 0 bridgehead atoms. The van der Waals surface area contributed by atoms with Crippen molar-refractivity contribution in [2.24, 2.45) is 5.92 Å². The van der Waals surface area contributed by atoms with Gasteiger partial charge in [0.1, 0.15) is 0 Å². The van der Waals surface area contributed by atoms with E-state index in [1.54, 1.807) is 0 Å². The van der Waals surface area contributed by atoms with E-state index < -0.39 is 0 Å². The third-order valence-electron chi connectivity index (χ3n) is 4.01. The normalized spacial score (nSPS) is 15.7. The molecule has 0 radical (unpaired) electrons. The van der Waals surface area contributed by atoms with Gasteiger partial charge in [-0.3, -0.25) is 4.79 Å². The van der Waals surface area contributed by atoms with Crippen molar-refractivity contribution in [3.63, 3.8) is 0 Å². The van der Waals surface area contributed by atoms with E-state index >= 15 is 0 Å². The van der Waals surface area contributed by atoms with Gasteiger partial charge in [-0.05, 0) is 43.5 Å². The third kappa shape index (κ3) is 4.74. The first kappa shape index (κ1) is 15.8. The molecule has 1 aromatic carbocycles. The number of nitrogens with zero attached hydrogens (tertiary/aromatic N) is 1. The van der Waals surface area contributed by atoms with Gasteiger partial charge in [0.2, 0.25) is 5.91 Å². The Morgan fingerprint density at radius 3 is 2.57 bits per heavy atom. The summed E-state index contributed by atoms with van der Waals surface area (Å²) in [5.74, 6) is 0.205. The first-order chi connectivity index (χ1) is 10.2. The van der Waals surface area contributed by atoms with Crippen LogP contribution in [0.25, 0.3) is 0 Å². The highest BCUT2D eigenvalue weighted by Crippen LogP contribution is 2.20. The zero-order valence-corrected chi connectivity index (χ0v) is 13.1. The van der Waals surface area contributed by atoms with Gasteiger partial charge < -0.3 is 15.0 Å². The number of amides is 1. The first-order valence-corrected chi connectivity index (χ1v) is 7.90. The lowest BCUT2D eigenvalue weighted by molar-refractivity contribution is -0.122. The van der Waals surface area contributed by atoms with Crippen molar-refractivity contribution in [1.29, 1.82) is 0 Å². The maximum atomic E-state index is 12.2. The van der Waals surface area contributed by atoms with Crippen LogP contribution in [0.2, 0.25) is 0 Å². The van der Waals surface area contributed by atoms with E-state index in [9.17, 15) is 4.79 Å². The smallest absolute Gasteiger partial charge is 0.227 e. The fourth-order valence-corrected chi connectivity index (χ4v) is 2.53. The van der Waals surface area contributed by atoms with Gasteiger partial charge in [0, 0.05) is 44.1 Å². The van der Waals surface area contributed by atoms with Crippen LogP contribution in [0.15, 0.2) is 24.3 Å². The summed E-state index contributed by atoms with van der Waals surface area (Å²) in [6, 6.07) is 8.09. The van der Waals surface area contributed by atoms with E-state index in [1.165, 1.54) is 18.5 Å². The molecule has 0 aliphatic carbocycles. The Hall–Kier alpha value is -1.55. The maximum Gasteiger partial charge on any atom is 0.227 e. The van der Waals surface area contributed by atoms with Crippen LogP contribution in [0, 0.1) is 5.92 Å². The number of hydrogen-bond acceptors (Lipinski definition) is 3. The van der Waals surface area contributed by atoms with Crippen molar-refractivity contribution >= 4 is 17.3 Å². The average Bonchev–Trinajstić information content (AvgIpc) is 2.54. The predicted octanol–water partition coefficient (Wildman–Crippen LogP) is 3.29. The molecule has 1 heterocycles. The van der Waals surface area contributed by atoms with Gasteiger partial charge >= 0.3 is 0 Å². The fraction of sp³-hybridized carbons (Fsp3) is 0.588. The number of benzene rings is 1. The van der Waals surface area contributed by atoms with Gasteiger partial charge in [0.25, 0.3) is 0 Å². The van der Waals surface area contributed by atoms with Crippen LogP contribution >= 0.6 is 0 Å². The molecule has 1 aromatic rings. The summed E-state index contributed by atoms with van der Waals surface area (Å²) in [4.78, 5) is 14.4. The average molecular weight is 290 g/mol. The van der Waals surface area contributed by atoms with Crippen LogP contribution in [0.4, 0.5) is 11.4 Å². The maximum absolute atomic E-state index is 12.2. The molecule has 116 valence electrons. The molecule has 0 saturated carbocycles. The van der Waals surface area contributed by atoms with E-state index in [-0.39, 0.29) is 11.8 Å². The molecule has 2 rings (SSSR count). The summed E-state index contributed by atoms with van der Waals surface area (Å²) in [6.45, 7) is 4.64. The van der Waals surface area contributed by atoms with Gasteiger partial charge in [-0.2, -0.15) is 0 Å². The van der Waals surface area contributed by atoms with E-state index in [0.29, 0.717) is 13.2 Å². The molecule has 1 aliphatic heterocycles. The third-order valence-corrected chi connectivity index (χ3v) is 4.01. The molecule has 1 aliphatic rings. The quantitative estimate of drug-likeness (QED) is 0.874. The number of carbonyl (C=O) groups excluding carboxylic acids is 1. The minimum atomic E-state index is 0.0886. The zero-order chi connectivity index (χ0) is 15.1. The van der Waals surface area contributed by atoms with Crippen molar-refractivity contribution in [1.82, 2.24) is 0 Å². The summed E-state index contributed by atoms with van der Waals surface area (Å²) in [5.41, 5.74) is 2.06. The molecule has 21 heavy (non-hydrogen) atoms. The molecule has 1 saturated heterocycles. The Balaban J connectivity index is 1.88. The Bertz CT molecular complexity index is 439. The second-order valence-electron chi connectivity index (χ2n) is 5.70. The standard InChI is InChI=1S/C17H26N2O2/c1-3-4-11-19(2)16-7-5-15(6-8-16)18-17(20)14-9-12-21-13-10-14/h5-8,14H,3-4,9-13H2,1-2H3,(H,18,20). The molecule has 1 N–H and O–H groups in total. The second kappa shape index (κ2) is 8.03. The molecule has 0 aromatic heterocycles. The van der Waals surface area contributed by atoms with Crippen LogP contribution in [-0.4, -0.2) is 32.7 Å². The van der Waals surface area contributed by atoms with Crippen LogP contribution in [0.3, 0.4) is 0 Å². The first-order valence-electron chi connectivity index (χ1n) is 7.90. The number of carbonyl (C=O) groups is 1. The topological polar surface area (TPSA) is 41.6 Å². The number of nitrogens with one attached hydrogen (secondary N) is 1. The van der Waals surface area contributed by atoms with Crippen LogP contribution < -0.4 is 10.2 Å². The highest BCUT2D eigenvalue weighted by atomic mass is 16.5. The second-order valence-corrected chi connectivity index (χ2v) is 5.70. The Morgan fingerprint density at radius 2 is 1.95 bits per heavy atom. The van der Waals surface area contributed by atoms with E-state index in [2.05, 4.69) is 36.3 Å². The molecule has 0 unspecified atom stereocenters. The highest BCUT2D eigenvalue weighted by Gasteiger charge is 2.21. The van der Waals surface area contributed by atoms with E-state index in [4.69, 9.17) is 4.74 Å². The van der Waals surface area contributed by atoms with Crippen molar-refractivity contribution in [3.8, 4) is 0 Å². The number of anilines is 2. The van der Waals surface area contributed by atoms with Gasteiger partial charge in [0.15, 0.2) is 0 Å². The Kier molecular flexibility index (Phi) is 6.05. The van der Waals surface area contributed by atoms with Crippen molar-refractivity contribution < 1.29 is 9.53 Å². The fourth-order valence-electron chi connectivity index (χ4n) is 2.53. The van der Waals surface area contributed by atoms with E-state index in [1.807, 2.05) is 12.1 Å². The zero-order valence-electron chi connectivity index (χ0n) is 13.1. The van der Waals surface area contributed by atoms with Crippen LogP contribution in [0.1, 0.15) is 32.6 Å². The Labute approximate surface area is 127 Å². The molecule has 0 spiro atoms. The summed E-state index contributed by atoms with van der Waals surface area (Å²) in [7, 11) is 2.10. The number of hydrogen-bond donors (Lipinski definition) is 1. The number of ether oxygens (including phenoxy) is 1. The summed E-state index contributed by atoms with van der Waals surface area (Å²) in [5, 5.41) is 3.01. The van der Waals surface area contributed by atoms with Gasteiger partial charge in [-0.1, -0.05) is 13.3 Å². The lowest BCUT2D eigenvalue weighted by Gasteiger charge is -2.22. The molecular weight excluding hydrogens is 264 g/mol. The van der Waals surface area contributed by atoms with E-state index in [0.717, 1.165) is 25.1 Å². The molecule has 1 fully saturated rings. The lowest BCUT2D eigenvalue weighted by atomic mass is 9.99. The summed E-state index contributed by atoms with van der Waals surface area (Å²) < 4.78 is 5.29. The monoisotopic (exact) mass is 290 g/mol. The molecule has 4 nitrogen and oxygen atoms in total. The summed E-state index contributed by atoms with van der Waals surface area (Å²) in [6.07, 6.45) is 4.04. The number of rotatable bonds is 6. The van der Waals surface area contributed by atoms with Crippen molar-refractivity contribution in [2.45, 2.75) is 32.6 Å². The minimum absolute atomic E-state index is 0.0886. The predicted molar refractivity (Wildman–Crippen MR) is 86.8 cm³/mol. The van der Waals surface area contributed by atoms with Crippen LogP contribution in [-0.2, 0) is 9.53 Å². The van der Waals surface area contributed by atoms with Gasteiger partial charge in [0.05, 0.1) is 0 Å². The lowest BCUT2D eigenvalue weighted by Crippen LogP contribution is -2.28. The molecular formula is C17H26N2O2. The van der Waals surface area contributed by atoms with Crippen LogP contribution in [0.5, 0.6) is 0 Å². The molecule has 4 heteroatoms. The SMILES string of the molecule is CCCCN(C)c1ccc(NC(=O)C2CCOCC2)cc1. The van der Waals surface area contributed by atoms with Gasteiger partial charge in [-0.25, -0.2) is 0 Å². The molecule has 0 atom stereocenters. The summed E-state index contributed by atoms with van der Waals surface area (Å²) >= 11 is 0. The largest absolute Gasteiger partial charge is 0.381 e. The molecule has 1 amide bonds. The van der Waals surface area contributed by atoms with Gasteiger partial charge in [-0.15, -0.1) is 0 Å². The van der Waals surface area contributed by atoms with Crippen molar-refractivity contribution in [3.05, 3.63) is 24.3 Å². The Morgan fingerprint density at radius 1 is 1.29 bits per heavy atom.